The largest absolute Gasteiger partial charge is 0.495 e. The number of benzene rings is 1. The maximum absolute atomic E-state index is 12.8. The fraction of sp³-hybridized carbons (Fsp3) is 0.652. The Balaban J connectivity index is 1.88. The third-order valence-corrected chi connectivity index (χ3v) is 5.69. The van der Waals surface area contributed by atoms with E-state index in [1.165, 1.54) is 12.8 Å². The summed E-state index contributed by atoms with van der Waals surface area (Å²) in [6.45, 7) is 8.28. The minimum absolute atomic E-state index is 0.0429. The first-order valence-corrected chi connectivity index (χ1v) is 10.9. The van der Waals surface area contributed by atoms with Crippen LogP contribution in [0.5, 0.6) is 5.75 Å². The van der Waals surface area contributed by atoms with Gasteiger partial charge in [-0.25, -0.2) is 0 Å². The zero-order chi connectivity index (χ0) is 21.2. The number of piperidine rings is 1. The lowest BCUT2D eigenvalue weighted by atomic mass is 9.95. The van der Waals surface area contributed by atoms with Crippen LogP contribution in [0.15, 0.2) is 18.2 Å². The molecule has 1 heterocycles. The van der Waals surface area contributed by atoms with Crippen molar-refractivity contribution < 1.29 is 14.3 Å². The van der Waals surface area contributed by atoms with Gasteiger partial charge in [0, 0.05) is 13.1 Å². The fourth-order valence-corrected chi connectivity index (χ4v) is 3.80. The highest BCUT2D eigenvalue weighted by atomic mass is 16.5. The van der Waals surface area contributed by atoms with Crippen molar-refractivity contribution in [2.24, 2.45) is 5.92 Å². The number of anilines is 1. The van der Waals surface area contributed by atoms with Crippen molar-refractivity contribution >= 4 is 17.5 Å². The van der Waals surface area contributed by atoms with Gasteiger partial charge < -0.3 is 15.4 Å². The number of unbranched alkanes of at least 4 members (excludes halogenated alkanes) is 3. The molecule has 0 saturated carbocycles. The zero-order valence-electron chi connectivity index (χ0n) is 18.4. The molecule has 2 N–H and O–H groups in total. The molecule has 1 fully saturated rings. The van der Waals surface area contributed by atoms with Gasteiger partial charge in [-0.3, -0.25) is 14.5 Å². The number of methoxy groups -OCH3 is 1. The van der Waals surface area contributed by atoms with Crippen molar-refractivity contribution in [3.63, 3.8) is 0 Å². The molecule has 2 rings (SSSR count). The van der Waals surface area contributed by atoms with Gasteiger partial charge in [0.05, 0.1) is 24.8 Å². The standard InChI is InChI=1S/C23H37N3O3/c1-5-6-7-8-13-24-23(28)19-10-9-14-26(16-19)18(3)22(27)25-20-15-17(2)11-12-21(20)29-4/h11-12,15,18-19H,5-10,13-14,16H2,1-4H3,(H,24,28)(H,25,27)/t18-,19+/m1/s1. The first-order valence-electron chi connectivity index (χ1n) is 10.9. The number of amides is 2. The molecule has 1 aliphatic heterocycles. The molecule has 0 unspecified atom stereocenters. The van der Waals surface area contributed by atoms with Gasteiger partial charge in [-0.2, -0.15) is 0 Å². The van der Waals surface area contributed by atoms with Crippen molar-refractivity contribution in [2.75, 3.05) is 32.1 Å². The van der Waals surface area contributed by atoms with Gasteiger partial charge in [0.25, 0.3) is 0 Å². The molecule has 162 valence electrons. The van der Waals surface area contributed by atoms with Crippen LogP contribution in [-0.4, -0.2) is 49.5 Å². The van der Waals surface area contributed by atoms with Crippen LogP contribution in [0.1, 0.15) is 57.9 Å². The first-order chi connectivity index (χ1) is 14.0. The van der Waals surface area contributed by atoms with E-state index in [1.54, 1.807) is 7.11 Å². The molecular weight excluding hydrogens is 366 g/mol. The van der Waals surface area contributed by atoms with Crippen LogP contribution in [0, 0.1) is 12.8 Å². The Morgan fingerprint density at radius 2 is 2.07 bits per heavy atom. The summed E-state index contributed by atoms with van der Waals surface area (Å²) in [6.07, 6.45) is 6.42. The number of carbonyl (C=O) groups is 2. The summed E-state index contributed by atoms with van der Waals surface area (Å²) in [5, 5.41) is 6.07. The van der Waals surface area contributed by atoms with Gasteiger partial charge in [0.1, 0.15) is 5.75 Å². The molecule has 1 aromatic carbocycles. The molecule has 6 heteroatoms. The zero-order valence-corrected chi connectivity index (χ0v) is 18.4. The van der Waals surface area contributed by atoms with Gasteiger partial charge in [0.15, 0.2) is 0 Å². The van der Waals surface area contributed by atoms with Gasteiger partial charge in [-0.15, -0.1) is 0 Å². The molecule has 1 aliphatic rings. The summed E-state index contributed by atoms with van der Waals surface area (Å²) >= 11 is 0. The number of carbonyl (C=O) groups excluding carboxylic acids is 2. The molecule has 6 nitrogen and oxygen atoms in total. The lowest BCUT2D eigenvalue weighted by molar-refractivity contribution is -0.129. The van der Waals surface area contributed by atoms with Gasteiger partial charge in [-0.05, 0) is 57.4 Å². The van der Waals surface area contributed by atoms with Crippen LogP contribution in [0.3, 0.4) is 0 Å². The summed E-state index contributed by atoms with van der Waals surface area (Å²) in [5.41, 5.74) is 1.74. The number of hydrogen-bond acceptors (Lipinski definition) is 4. The highest BCUT2D eigenvalue weighted by molar-refractivity contribution is 5.96. The third-order valence-electron chi connectivity index (χ3n) is 5.69. The summed E-state index contributed by atoms with van der Waals surface area (Å²) in [5.74, 6) is 0.655. The highest BCUT2D eigenvalue weighted by Crippen LogP contribution is 2.26. The Kier molecular flexibility index (Phi) is 9.45. The molecule has 0 aromatic heterocycles. The lowest BCUT2D eigenvalue weighted by Gasteiger charge is -2.35. The van der Waals surface area contributed by atoms with E-state index < -0.39 is 0 Å². The van der Waals surface area contributed by atoms with Gasteiger partial charge in [0.2, 0.25) is 11.8 Å². The second-order valence-electron chi connectivity index (χ2n) is 8.05. The fourth-order valence-electron chi connectivity index (χ4n) is 3.80. The lowest BCUT2D eigenvalue weighted by Crippen LogP contribution is -2.50. The molecule has 0 spiro atoms. The average Bonchev–Trinajstić information content (AvgIpc) is 2.73. The van der Waals surface area contributed by atoms with Crippen molar-refractivity contribution in [3.05, 3.63) is 23.8 Å². The number of nitrogens with one attached hydrogen (secondary N) is 2. The molecule has 1 aromatic rings. The summed E-state index contributed by atoms with van der Waals surface area (Å²) in [6, 6.07) is 5.42. The number of hydrogen-bond donors (Lipinski definition) is 2. The van der Waals surface area contributed by atoms with Crippen molar-refractivity contribution in [1.29, 1.82) is 0 Å². The number of aryl methyl sites for hydroxylation is 1. The highest BCUT2D eigenvalue weighted by Gasteiger charge is 2.31. The van der Waals surface area contributed by atoms with E-state index in [2.05, 4.69) is 22.5 Å². The molecule has 29 heavy (non-hydrogen) atoms. The quantitative estimate of drug-likeness (QED) is 0.584. The molecule has 0 radical (unpaired) electrons. The molecule has 0 aliphatic carbocycles. The Bertz CT molecular complexity index is 677. The Labute approximate surface area is 175 Å². The van der Waals surface area contributed by atoms with Crippen LogP contribution < -0.4 is 15.4 Å². The van der Waals surface area contributed by atoms with E-state index in [-0.39, 0.29) is 23.8 Å². The van der Waals surface area contributed by atoms with E-state index in [0.29, 0.717) is 18.0 Å². The monoisotopic (exact) mass is 403 g/mol. The maximum atomic E-state index is 12.8. The van der Waals surface area contributed by atoms with Crippen LogP contribution in [0.2, 0.25) is 0 Å². The smallest absolute Gasteiger partial charge is 0.241 e. The summed E-state index contributed by atoms with van der Waals surface area (Å²) < 4.78 is 5.36. The van der Waals surface area contributed by atoms with E-state index in [9.17, 15) is 9.59 Å². The molecular formula is C23H37N3O3. The van der Waals surface area contributed by atoms with Gasteiger partial charge in [-0.1, -0.05) is 32.3 Å². The first kappa shape index (κ1) is 23.2. The van der Waals surface area contributed by atoms with Crippen LogP contribution >= 0.6 is 0 Å². The summed E-state index contributed by atoms with van der Waals surface area (Å²) in [4.78, 5) is 27.5. The van der Waals surface area contributed by atoms with Crippen molar-refractivity contribution in [1.82, 2.24) is 10.2 Å². The Morgan fingerprint density at radius 1 is 1.28 bits per heavy atom. The molecule has 1 saturated heterocycles. The second-order valence-corrected chi connectivity index (χ2v) is 8.05. The van der Waals surface area contributed by atoms with Crippen molar-refractivity contribution in [3.8, 4) is 5.75 Å². The van der Waals surface area contributed by atoms with Gasteiger partial charge >= 0.3 is 0 Å². The third kappa shape index (κ3) is 7.03. The number of rotatable bonds is 10. The maximum Gasteiger partial charge on any atom is 0.241 e. The molecule has 2 amide bonds. The minimum Gasteiger partial charge on any atom is -0.495 e. The molecule has 2 atom stereocenters. The van der Waals surface area contributed by atoms with Crippen LogP contribution in [-0.2, 0) is 9.59 Å². The van der Waals surface area contributed by atoms with E-state index >= 15 is 0 Å². The topological polar surface area (TPSA) is 70.7 Å². The Morgan fingerprint density at radius 3 is 2.79 bits per heavy atom. The predicted molar refractivity (Wildman–Crippen MR) is 117 cm³/mol. The van der Waals surface area contributed by atoms with Crippen LogP contribution in [0.25, 0.3) is 0 Å². The Hall–Kier alpha value is -2.08. The average molecular weight is 404 g/mol. The molecule has 0 bridgehead atoms. The SMILES string of the molecule is CCCCCCNC(=O)[C@H]1CCCN([C@H](C)C(=O)Nc2cc(C)ccc2OC)C1. The van der Waals surface area contributed by atoms with E-state index in [0.717, 1.165) is 44.3 Å². The van der Waals surface area contributed by atoms with Crippen molar-refractivity contribution in [2.45, 2.75) is 65.3 Å². The second kappa shape index (κ2) is 11.8. The normalized spacial score (nSPS) is 18.1. The van der Waals surface area contributed by atoms with E-state index in [1.807, 2.05) is 32.0 Å². The minimum atomic E-state index is -0.305. The van der Waals surface area contributed by atoms with E-state index in [4.69, 9.17) is 4.74 Å². The summed E-state index contributed by atoms with van der Waals surface area (Å²) in [7, 11) is 1.60. The number of ether oxygens (including phenoxy) is 1. The van der Waals surface area contributed by atoms with Crippen LogP contribution in [0.4, 0.5) is 5.69 Å². The number of likely N-dealkylation sites (tertiary alicyclic amines) is 1. The number of nitrogens with zero attached hydrogens (tertiary/aromatic N) is 1. The predicted octanol–water partition coefficient (Wildman–Crippen LogP) is 3.74.